The van der Waals surface area contributed by atoms with Gasteiger partial charge in [0.2, 0.25) is 17.3 Å². The molecule has 35 heavy (non-hydrogen) atoms. The molecule has 6 nitrogen and oxygen atoms in total. The third-order valence-electron chi connectivity index (χ3n) is 10.2. The van der Waals surface area contributed by atoms with Gasteiger partial charge in [-0.3, -0.25) is 14.4 Å². The number of thioether (sulfide) groups is 1. The monoisotopic (exact) mass is 500 g/mol. The first kappa shape index (κ1) is 23.6. The number of esters is 1. The Morgan fingerprint density at radius 1 is 1.03 bits per heavy atom. The minimum atomic E-state index is -0.822. The van der Waals surface area contributed by atoms with E-state index >= 15 is 0 Å². The summed E-state index contributed by atoms with van der Waals surface area (Å²) < 4.78 is 17.4. The number of carbonyl (C=O) groups is 3. The number of hydrogen-bond acceptors (Lipinski definition) is 7. The van der Waals surface area contributed by atoms with Crippen LogP contribution in [0, 0.1) is 34.5 Å². The Labute approximate surface area is 211 Å². The summed E-state index contributed by atoms with van der Waals surface area (Å²) in [5, 5.41) is -0.183. The van der Waals surface area contributed by atoms with Crippen LogP contribution in [0.1, 0.15) is 72.6 Å². The highest BCUT2D eigenvalue weighted by molar-refractivity contribution is 8.01. The lowest BCUT2D eigenvalue weighted by Crippen LogP contribution is -2.52. The van der Waals surface area contributed by atoms with Gasteiger partial charge in [-0.15, -0.1) is 11.8 Å². The average molecular weight is 501 g/mol. The first-order valence-electron chi connectivity index (χ1n) is 13.2. The highest BCUT2D eigenvalue weighted by Crippen LogP contribution is 2.68. The van der Waals surface area contributed by atoms with Crippen LogP contribution in [0.15, 0.2) is 23.2 Å². The molecule has 1 unspecified atom stereocenters. The van der Waals surface area contributed by atoms with E-state index in [9.17, 15) is 14.4 Å². The molecule has 2 aliphatic heterocycles. The summed E-state index contributed by atoms with van der Waals surface area (Å²) in [7, 11) is 0. The van der Waals surface area contributed by atoms with Gasteiger partial charge in [-0.2, -0.15) is 0 Å². The van der Waals surface area contributed by atoms with Crippen molar-refractivity contribution < 1.29 is 28.6 Å². The van der Waals surface area contributed by atoms with Crippen LogP contribution in [0.3, 0.4) is 0 Å². The first-order chi connectivity index (χ1) is 16.5. The summed E-state index contributed by atoms with van der Waals surface area (Å²) in [5.74, 6) is 2.25. The van der Waals surface area contributed by atoms with Gasteiger partial charge in [-0.05, 0) is 74.7 Å². The number of fused-ring (bicyclic) bond motifs is 6. The third-order valence-corrected chi connectivity index (χ3v) is 11.5. The SMILES string of the molecule is CC1(C)OC2=C(O1)[C@@]1(C)C(=CC2=O)CC[C@@H]2[C@@H]1CC[C@]1(C)[C@H](C(=O)CSC3CCOC3=O)CC[C@@H]21. The zero-order valence-electron chi connectivity index (χ0n) is 21.2. The van der Waals surface area contributed by atoms with Gasteiger partial charge in [0.1, 0.15) is 11.0 Å². The second kappa shape index (κ2) is 7.87. The average Bonchev–Trinajstić information content (AvgIpc) is 3.47. The zero-order valence-corrected chi connectivity index (χ0v) is 22.0. The lowest BCUT2D eigenvalue weighted by Gasteiger charge is -2.57. The number of rotatable bonds is 4. The maximum atomic E-state index is 13.4. The molecule has 1 saturated heterocycles. The van der Waals surface area contributed by atoms with Crippen LogP contribution in [0.2, 0.25) is 0 Å². The van der Waals surface area contributed by atoms with Gasteiger partial charge in [-0.1, -0.05) is 12.5 Å². The molecule has 0 aromatic carbocycles. The standard InChI is InChI=1S/C28H36O6S/c1-26(2)33-23-20(29)13-15-5-6-16-17-7-8-19(21(30)14-35-22-10-12-32-25(22)31)27(17,3)11-9-18(16)28(15,4)24(23)34-26/h13,16-19,22H,5-12,14H2,1-4H3/t16-,17-,18-,19-,22?,27-,28-/m0/s1. The smallest absolute Gasteiger partial charge is 0.319 e. The fourth-order valence-corrected chi connectivity index (χ4v) is 9.57. The minimum Gasteiger partial charge on any atom is -0.465 e. The number of allylic oxidation sites excluding steroid dienone is 2. The predicted octanol–water partition coefficient (Wildman–Crippen LogP) is 4.97. The second-order valence-corrected chi connectivity index (χ2v) is 13.5. The number of ketones is 2. The van der Waals surface area contributed by atoms with Gasteiger partial charge in [0, 0.05) is 26.2 Å². The molecular formula is C28H36O6S. The number of Topliss-reactive ketones (excluding diaryl/α,β-unsaturated/α-hetero) is 1. The van der Waals surface area contributed by atoms with Crippen LogP contribution in [-0.2, 0) is 28.6 Å². The Morgan fingerprint density at radius 3 is 2.57 bits per heavy atom. The Hall–Kier alpha value is -1.76. The molecule has 190 valence electrons. The lowest BCUT2D eigenvalue weighted by atomic mass is 9.47. The van der Waals surface area contributed by atoms with Crippen molar-refractivity contribution in [1.82, 2.24) is 0 Å². The van der Waals surface area contributed by atoms with Crippen molar-refractivity contribution in [2.24, 2.45) is 34.5 Å². The van der Waals surface area contributed by atoms with Gasteiger partial charge in [0.25, 0.3) is 0 Å². The van der Waals surface area contributed by atoms with Crippen molar-refractivity contribution in [2.45, 2.75) is 83.7 Å². The number of hydrogen-bond donors (Lipinski definition) is 0. The van der Waals surface area contributed by atoms with Crippen LogP contribution in [0.25, 0.3) is 0 Å². The molecule has 0 amide bonds. The van der Waals surface area contributed by atoms with Gasteiger partial charge in [-0.25, -0.2) is 0 Å². The number of carbonyl (C=O) groups excluding carboxylic acids is 3. The molecule has 0 spiro atoms. The van der Waals surface area contributed by atoms with Crippen molar-refractivity contribution in [3.8, 4) is 0 Å². The maximum absolute atomic E-state index is 13.4. The van der Waals surface area contributed by atoms with Crippen molar-refractivity contribution in [3.05, 3.63) is 23.2 Å². The first-order valence-corrected chi connectivity index (χ1v) is 14.3. The number of cyclic esters (lactones) is 1. The molecule has 3 saturated carbocycles. The zero-order chi connectivity index (χ0) is 24.8. The van der Waals surface area contributed by atoms with E-state index in [4.69, 9.17) is 14.2 Å². The van der Waals surface area contributed by atoms with Crippen molar-refractivity contribution in [1.29, 1.82) is 0 Å². The molecule has 0 bridgehead atoms. The molecule has 4 fully saturated rings. The van der Waals surface area contributed by atoms with Crippen LogP contribution >= 0.6 is 11.8 Å². The van der Waals surface area contributed by atoms with Gasteiger partial charge >= 0.3 is 5.97 Å². The van der Waals surface area contributed by atoms with Crippen molar-refractivity contribution in [2.75, 3.05) is 12.4 Å². The van der Waals surface area contributed by atoms with Gasteiger partial charge in [0.05, 0.1) is 17.8 Å². The topological polar surface area (TPSA) is 78.9 Å². The van der Waals surface area contributed by atoms with Gasteiger partial charge < -0.3 is 14.2 Å². The Kier molecular flexibility index (Phi) is 5.31. The molecule has 0 aromatic heterocycles. The lowest BCUT2D eigenvalue weighted by molar-refractivity contribution is -0.143. The molecule has 6 rings (SSSR count). The van der Waals surface area contributed by atoms with Crippen LogP contribution in [-0.4, -0.2) is 40.9 Å². The molecule has 7 atom stereocenters. The minimum absolute atomic E-state index is 0.000569. The van der Waals surface area contributed by atoms with Crippen LogP contribution in [0.5, 0.6) is 0 Å². The van der Waals surface area contributed by atoms with E-state index in [1.807, 2.05) is 19.9 Å². The highest BCUT2D eigenvalue weighted by Gasteiger charge is 2.63. The normalized spacial score (nSPS) is 43.3. The second-order valence-electron chi connectivity index (χ2n) is 12.3. The Morgan fingerprint density at radius 2 is 1.83 bits per heavy atom. The Balaban J connectivity index is 1.23. The summed E-state index contributed by atoms with van der Waals surface area (Å²) >= 11 is 1.47. The van der Waals surface area contributed by atoms with E-state index in [1.165, 1.54) is 17.3 Å². The summed E-state index contributed by atoms with van der Waals surface area (Å²) in [6, 6.07) is 0. The van der Waals surface area contributed by atoms with E-state index in [0.29, 0.717) is 48.1 Å². The molecule has 0 N–H and O–H groups in total. The summed E-state index contributed by atoms with van der Waals surface area (Å²) in [6.07, 6.45) is 8.54. The molecule has 4 aliphatic carbocycles. The molecule has 7 heteroatoms. The van der Waals surface area contributed by atoms with E-state index in [1.54, 1.807) is 0 Å². The predicted molar refractivity (Wildman–Crippen MR) is 131 cm³/mol. The highest BCUT2D eigenvalue weighted by atomic mass is 32.2. The quantitative estimate of drug-likeness (QED) is 0.505. The van der Waals surface area contributed by atoms with E-state index < -0.39 is 5.79 Å². The molecule has 0 radical (unpaired) electrons. The fourth-order valence-electron chi connectivity index (χ4n) is 8.54. The Bertz CT molecular complexity index is 1060. The molecule has 0 aromatic rings. The molecule has 2 heterocycles. The fraction of sp³-hybridized carbons (Fsp3) is 0.750. The van der Waals surface area contributed by atoms with Crippen molar-refractivity contribution in [3.63, 3.8) is 0 Å². The van der Waals surface area contributed by atoms with E-state index in [-0.39, 0.29) is 33.8 Å². The summed E-state index contributed by atoms with van der Waals surface area (Å²) in [4.78, 5) is 38.1. The summed E-state index contributed by atoms with van der Waals surface area (Å²) in [5.41, 5.74) is 0.876. The largest absolute Gasteiger partial charge is 0.465 e. The van der Waals surface area contributed by atoms with Crippen LogP contribution in [0.4, 0.5) is 0 Å². The molecular weight excluding hydrogens is 464 g/mol. The summed E-state index contributed by atoms with van der Waals surface area (Å²) in [6.45, 7) is 8.83. The van der Waals surface area contributed by atoms with Crippen LogP contribution < -0.4 is 0 Å². The van der Waals surface area contributed by atoms with E-state index in [2.05, 4.69) is 13.8 Å². The maximum Gasteiger partial charge on any atom is 0.319 e. The number of ether oxygens (including phenoxy) is 3. The van der Waals surface area contributed by atoms with E-state index in [0.717, 1.165) is 44.3 Å². The third kappa shape index (κ3) is 3.39. The molecule has 6 aliphatic rings. The van der Waals surface area contributed by atoms with Gasteiger partial charge in [0.15, 0.2) is 5.76 Å². The van der Waals surface area contributed by atoms with Crippen molar-refractivity contribution >= 4 is 29.3 Å².